The molecule has 0 saturated carbocycles. The summed E-state index contributed by atoms with van der Waals surface area (Å²) in [5.41, 5.74) is 2.98. The van der Waals surface area contributed by atoms with E-state index >= 15 is 0 Å². The first kappa shape index (κ1) is 19.3. The second kappa shape index (κ2) is 8.02. The summed E-state index contributed by atoms with van der Waals surface area (Å²) in [7, 11) is 1.79. The highest BCUT2D eigenvalue weighted by molar-refractivity contribution is 7.19. The number of carbonyl (C=O) groups is 1. The van der Waals surface area contributed by atoms with Crippen molar-refractivity contribution in [3.8, 4) is 11.1 Å². The van der Waals surface area contributed by atoms with E-state index < -0.39 is 0 Å². The van der Waals surface area contributed by atoms with Crippen LogP contribution in [0.1, 0.15) is 23.2 Å². The molecule has 27 heavy (non-hydrogen) atoms. The van der Waals surface area contributed by atoms with Gasteiger partial charge in [-0.2, -0.15) is 0 Å². The molecule has 0 aliphatic carbocycles. The Balaban J connectivity index is 1.93. The van der Waals surface area contributed by atoms with Crippen LogP contribution in [0.5, 0.6) is 0 Å². The Morgan fingerprint density at radius 3 is 2.63 bits per heavy atom. The molecule has 0 atom stereocenters. The van der Waals surface area contributed by atoms with Gasteiger partial charge in [-0.25, -0.2) is 4.98 Å². The van der Waals surface area contributed by atoms with Crippen molar-refractivity contribution in [1.29, 1.82) is 0 Å². The molecule has 0 fully saturated rings. The fourth-order valence-electron chi connectivity index (χ4n) is 3.04. The Kier molecular flexibility index (Phi) is 5.72. The molecule has 6 nitrogen and oxygen atoms in total. The van der Waals surface area contributed by atoms with Crippen LogP contribution >= 0.6 is 11.3 Å². The quantitative estimate of drug-likeness (QED) is 0.659. The van der Waals surface area contributed by atoms with Gasteiger partial charge < -0.3 is 9.72 Å². The van der Waals surface area contributed by atoms with E-state index in [0.717, 1.165) is 16.0 Å². The molecule has 0 radical (unpaired) electrons. The van der Waals surface area contributed by atoms with Crippen molar-refractivity contribution in [2.24, 2.45) is 0 Å². The average Bonchev–Trinajstić information content (AvgIpc) is 2.92. The highest BCUT2D eigenvalue weighted by atomic mass is 32.1. The number of likely N-dealkylation sites (N-methyl/N-ethyl adjacent to an activating group) is 1. The molecule has 0 unspecified atom stereocenters. The number of thiophene rings is 1. The molecular formula is C20H23N3O3S. The fraction of sp³-hybridized carbons (Fsp3) is 0.350. The highest BCUT2D eigenvalue weighted by Gasteiger charge is 2.17. The van der Waals surface area contributed by atoms with Crippen molar-refractivity contribution >= 4 is 27.5 Å². The van der Waals surface area contributed by atoms with E-state index in [-0.39, 0.29) is 18.1 Å². The number of hydrogen-bond acceptors (Lipinski definition) is 6. The number of aromatic amines is 1. The van der Waals surface area contributed by atoms with Crippen LogP contribution in [0.4, 0.5) is 0 Å². The van der Waals surface area contributed by atoms with Gasteiger partial charge in [0.25, 0.3) is 5.56 Å². The van der Waals surface area contributed by atoms with Gasteiger partial charge in [0.2, 0.25) is 0 Å². The van der Waals surface area contributed by atoms with Gasteiger partial charge >= 0.3 is 5.97 Å². The fourth-order valence-corrected chi connectivity index (χ4v) is 4.11. The van der Waals surface area contributed by atoms with Crippen LogP contribution in [0.15, 0.2) is 29.1 Å². The van der Waals surface area contributed by atoms with Crippen LogP contribution in [0, 0.1) is 13.8 Å². The summed E-state index contributed by atoms with van der Waals surface area (Å²) < 4.78 is 4.95. The Morgan fingerprint density at radius 1 is 1.26 bits per heavy atom. The van der Waals surface area contributed by atoms with Gasteiger partial charge in [0.05, 0.1) is 25.1 Å². The normalized spacial score (nSPS) is 11.3. The molecule has 0 bridgehead atoms. The van der Waals surface area contributed by atoms with E-state index in [2.05, 4.69) is 9.97 Å². The number of carbonyl (C=O) groups excluding carboxylic acids is 1. The zero-order valence-corrected chi connectivity index (χ0v) is 16.8. The summed E-state index contributed by atoms with van der Waals surface area (Å²) in [6.07, 6.45) is 0. The van der Waals surface area contributed by atoms with Gasteiger partial charge in [0, 0.05) is 10.4 Å². The molecule has 142 valence electrons. The number of esters is 1. The summed E-state index contributed by atoms with van der Waals surface area (Å²) in [4.78, 5) is 35.4. The van der Waals surface area contributed by atoms with Crippen molar-refractivity contribution < 1.29 is 9.53 Å². The summed E-state index contributed by atoms with van der Waals surface area (Å²) in [5, 5.41) is 0.623. The Bertz CT molecular complexity index is 1020. The number of H-pyrrole nitrogens is 1. The molecule has 3 rings (SSSR count). The maximum Gasteiger partial charge on any atom is 0.320 e. The molecule has 2 heterocycles. The maximum atomic E-state index is 12.8. The zero-order chi connectivity index (χ0) is 19.6. The lowest BCUT2D eigenvalue weighted by molar-refractivity contribution is -0.144. The maximum absolute atomic E-state index is 12.8. The third-order valence-corrected chi connectivity index (χ3v) is 5.25. The van der Waals surface area contributed by atoms with E-state index in [1.807, 2.05) is 38.1 Å². The predicted molar refractivity (Wildman–Crippen MR) is 108 cm³/mol. The standard InChI is InChI=1S/C20H23N3O3S/c1-5-26-16(24)11-23(4)10-15-21-19(25)18-17(13(3)27-20(18)22-15)14-8-6-12(2)7-9-14/h6-9H,5,10-11H2,1-4H3,(H,21,22,25). The highest BCUT2D eigenvalue weighted by Crippen LogP contribution is 2.35. The van der Waals surface area contributed by atoms with Gasteiger partial charge in [-0.15, -0.1) is 11.3 Å². The molecular weight excluding hydrogens is 362 g/mol. The molecule has 0 amide bonds. The first-order chi connectivity index (χ1) is 12.9. The van der Waals surface area contributed by atoms with Crippen molar-refractivity contribution in [2.75, 3.05) is 20.2 Å². The van der Waals surface area contributed by atoms with Crippen LogP contribution in [-0.2, 0) is 16.1 Å². The number of rotatable bonds is 6. The van der Waals surface area contributed by atoms with Crippen molar-refractivity contribution in [3.63, 3.8) is 0 Å². The number of ether oxygens (including phenoxy) is 1. The van der Waals surface area contributed by atoms with Gasteiger partial charge in [-0.05, 0) is 33.4 Å². The second-order valence-corrected chi connectivity index (χ2v) is 7.77. The third-order valence-electron chi connectivity index (χ3n) is 4.25. The molecule has 2 aromatic heterocycles. The Morgan fingerprint density at radius 2 is 1.96 bits per heavy atom. The van der Waals surface area contributed by atoms with Crippen molar-refractivity contribution in [2.45, 2.75) is 27.3 Å². The first-order valence-corrected chi connectivity index (χ1v) is 9.64. The molecule has 1 aromatic carbocycles. The molecule has 3 aromatic rings. The smallest absolute Gasteiger partial charge is 0.320 e. The summed E-state index contributed by atoms with van der Waals surface area (Å²) in [6, 6.07) is 8.14. The lowest BCUT2D eigenvalue weighted by Crippen LogP contribution is -2.28. The van der Waals surface area contributed by atoms with Gasteiger partial charge in [-0.1, -0.05) is 29.8 Å². The molecule has 0 aliphatic rings. The molecule has 1 N–H and O–H groups in total. The van der Waals surface area contributed by atoms with Gasteiger partial charge in [0.15, 0.2) is 0 Å². The van der Waals surface area contributed by atoms with Gasteiger partial charge in [-0.3, -0.25) is 14.5 Å². The first-order valence-electron chi connectivity index (χ1n) is 8.82. The van der Waals surface area contributed by atoms with Crippen molar-refractivity contribution in [1.82, 2.24) is 14.9 Å². The van der Waals surface area contributed by atoms with Crippen LogP contribution < -0.4 is 5.56 Å². The number of aryl methyl sites for hydroxylation is 2. The van der Waals surface area contributed by atoms with E-state index in [9.17, 15) is 9.59 Å². The van der Waals surface area contributed by atoms with E-state index in [4.69, 9.17) is 4.74 Å². The molecule has 0 aliphatic heterocycles. The average molecular weight is 385 g/mol. The monoisotopic (exact) mass is 385 g/mol. The minimum Gasteiger partial charge on any atom is -0.465 e. The summed E-state index contributed by atoms with van der Waals surface area (Å²) in [6.45, 7) is 6.68. The summed E-state index contributed by atoms with van der Waals surface area (Å²) in [5.74, 6) is 0.244. The van der Waals surface area contributed by atoms with Crippen molar-refractivity contribution in [3.05, 3.63) is 50.9 Å². The molecule has 0 spiro atoms. The van der Waals surface area contributed by atoms with Gasteiger partial charge in [0.1, 0.15) is 10.7 Å². The number of nitrogens with zero attached hydrogens (tertiary/aromatic N) is 2. The number of nitrogens with one attached hydrogen (secondary N) is 1. The third kappa shape index (κ3) is 4.26. The summed E-state index contributed by atoms with van der Waals surface area (Å²) >= 11 is 1.51. The molecule has 0 saturated heterocycles. The van der Waals surface area contributed by atoms with E-state index in [1.165, 1.54) is 16.9 Å². The number of benzene rings is 1. The SMILES string of the molecule is CCOC(=O)CN(C)Cc1nc2sc(C)c(-c3ccc(C)cc3)c2c(=O)[nH]1. The van der Waals surface area contributed by atoms with Crippen LogP contribution in [0.3, 0.4) is 0 Å². The predicted octanol–water partition coefficient (Wildman–Crippen LogP) is 3.26. The largest absolute Gasteiger partial charge is 0.465 e. The van der Waals surface area contributed by atoms with Crippen LogP contribution in [0.2, 0.25) is 0 Å². The molecule has 7 heteroatoms. The minimum absolute atomic E-state index is 0.147. The number of hydrogen-bond donors (Lipinski definition) is 1. The number of fused-ring (bicyclic) bond motifs is 1. The van der Waals surface area contributed by atoms with Crippen LogP contribution in [-0.4, -0.2) is 41.0 Å². The minimum atomic E-state index is -0.294. The lowest BCUT2D eigenvalue weighted by Gasteiger charge is -2.14. The van der Waals surface area contributed by atoms with Crippen LogP contribution in [0.25, 0.3) is 21.3 Å². The topological polar surface area (TPSA) is 75.3 Å². The zero-order valence-electron chi connectivity index (χ0n) is 16.0. The van der Waals surface area contributed by atoms with E-state index in [1.54, 1.807) is 18.9 Å². The Labute approximate surface area is 161 Å². The number of aromatic nitrogens is 2. The second-order valence-electron chi connectivity index (χ2n) is 6.57. The van der Waals surface area contributed by atoms with E-state index in [0.29, 0.717) is 29.2 Å². The Hall–Kier alpha value is -2.51. The lowest BCUT2D eigenvalue weighted by atomic mass is 10.0.